The van der Waals surface area contributed by atoms with Crippen LogP contribution < -0.4 is 0 Å². The number of ether oxygens (including phenoxy) is 1. The van der Waals surface area contributed by atoms with E-state index < -0.39 is 10.0 Å². The van der Waals surface area contributed by atoms with Crippen molar-refractivity contribution < 1.29 is 17.7 Å². The summed E-state index contributed by atoms with van der Waals surface area (Å²) in [5.74, 6) is 1.53. The van der Waals surface area contributed by atoms with Crippen molar-refractivity contribution in [2.75, 3.05) is 13.1 Å². The maximum absolute atomic E-state index is 12.2. The molecule has 0 bridgehead atoms. The molecule has 8 heteroatoms. The highest BCUT2D eigenvalue weighted by Crippen LogP contribution is 2.39. The Labute approximate surface area is 123 Å². The van der Waals surface area contributed by atoms with Gasteiger partial charge in [0.2, 0.25) is 15.9 Å². The molecule has 2 aliphatic heterocycles. The molecule has 0 amide bonds. The summed E-state index contributed by atoms with van der Waals surface area (Å²) in [5, 5.41) is 3.64. The van der Waals surface area contributed by atoms with Gasteiger partial charge < -0.3 is 9.26 Å². The van der Waals surface area contributed by atoms with Crippen LogP contribution in [0.3, 0.4) is 0 Å². The topological polar surface area (TPSA) is 85.5 Å². The number of sulfonamides is 1. The molecule has 3 atom stereocenters. The minimum absolute atomic E-state index is 0.0209. The molecule has 0 spiro atoms. The van der Waals surface area contributed by atoms with E-state index in [2.05, 4.69) is 10.1 Å². The van der Waals surface area contributed by atoms with Crippen molar-refractivity contribution in [3.05, 3.63) is 11.7 Å². The van der Waals surface area contributed by atoms with Crippen LogP contribution in [0.2, 0.25) is 0 Å². The van der Waals surface area contributed by atoms with Crippen LogP contribution >= 0.6 is 0 Å². The van der Waals surface area contributed by atoms with Crippen LogP contribution in [0.4, 0.5) is 0 Å². The first-order chi connectivity index (χ1) is 10.0. The third-order valence-electron chi connectivity index (χ3n) is 4.56. The normalized spacial score (nSPS) is 33.5. The number of aryl methyl sites for hydroxylation is 1. The average molecular weight is 313 g/mol. The number of rotatable bonds is 4. The molecule has 0 aromatic carbocycles. The lowest BCUT2D eigenvalue weighted by atomic mass is 10.0. The van der Waals surface area contributed by atoms with Gasteiger partial charge in [0.1, 0.15) is 0 Å². The van der Waals surface area contributed by atoms with Gasteiger partial charge in [0.25, 0.3) is 0 Å². The molecule has 7 nitrogen and oxygen atoms in total. The first-order valence-electron chi connectivity index (χ1n) is 7.46. The molecule has 4 rings (SSSR count). The van der Waals surface area contributed by atoms with Crippen LogP contribution in [0.25, 0.3) is 0 Å². The number of hydrogen-bond donors (Lipinski definition) is 0. The fraction of sp³-hybridized carbons (Fsp3) is 0.846. The molecule has 1 saturated carbocycles. The summed E-state index contributed by atoms with van der Waals surface area (Å²) < 4.78 is 37.2. The Morgan fingerprint density at radius 3 is 2.76 bits per heavy atom. The maximum atomic E-state index is 12.2. The van der Waals surface area contributed by atoms with E-state index in [0.717, 1.165) is 19.3 Å². The molecule has 1 aromatic heterocycles. The van der Waals surface area contributed by atoms with Crippen molar-refractivity contribution in [1.82, 2.24) is 14.4 Å². The fourth-order valence-electron chi connectivity index (χ4n) is 3.36. The average Bonchev–Trinajstić information content (AvgIpc) is 2.95. The highest BCUT2D eigenvalue weighted by molar-refractivity contribution is 7.90. The minimum Gasteiger partial charge on any atom is -0.373 e. The molecule has 21 heavy (non-hydrogen) atoms. The van der Waals surface area contributed by atoms with E-state index >= 15 is 0 Å². The van der Waals surface area contributed by atoms with E-state index in [9.17, 15) is 8.42 Å². The molecule has 0 unspecified atom stereocenters. The Hall–Kier alpha value is -0.990. The zero-order chi connectivity index (χ0) is 14.6. The SMILES string of the molecule is Cc1noc(C[C@@H]2C[C@@H]3CN(S(=O)(=O)C4CC4)C[C@@H]3O2)n1. The molecular weight excluding hydrogens is 294 g/mol. The third-order valence-corrected chi connectivity index (χ3v) is 6.89. The Balaban J connectivity index is 1.37. The van der Waals surface area contributed by atoms with E-state index in [1.807, 2.05) is 0 Å². The van der Waals surface area contributed by atoms with Crippen LogP contribution in [0, 0.1) is 12.8 Å². The van der Waals surface area contributed by atoms with Gasteiger partial charge >= 0.3 is 0 Å². The lowest BCUT2D eigenvalue weighted by Crippen LogP contribution is -2.34. The first kappa shape index (κ1) is 13.7. The van der Waals surface area contributed by atoms with Crippen LogP contribution in [0.15, 0.2) is 4.52 Å². The summed E-state index contributed by atoms with van der Waals surface area (Å²) in [4.78, 5) is 4.19. The van der Waals surface area contributed by atoms with Gasteiger partial charge in [-0.05, 0) is 26.2 Å². The molecule has 1 aliphatic carbocycles. The number of aromatic nitrogens is 2. The summed E-state index contributed by atoms with van der Waals surface area (Å²) in [5.41, 5.74) is 0. The standard InChI is InChI=1S/C13H19N3O4S/c1-8-14-13(20-15-8)5-10-4-9-6-16(7-12(9)19-10)21(17,18)11-2-3-11/h9-12H,2-7H2,1H3/t9-,10+,12+/m1/s1. The molecule has 3 heterocycles. The third kappa shape index (κ3) is 2.49. The molecule has 3 fully saturated rings. The van der Waals surface area contributed by atoms with Gasteiger partial charge in [0, 0.05) is 19.0 Å². The molecule has 116 valence electrons. The van der Waals surface area contributed by atoms with E-state index in [0.29, 0.717) is 37.1 Å². The van der Waals surface area contributed by atoms with Crippen LogP contribution in [-0.2, 0) is 21.2 Å². The summed E-state index contributed by atoms with van der Waals surface area (Å²) in [6.45, 7) is 2.89. The quantitative estimate of drug-likeness (QED) is 0.805. The van der Waals surface area contributed by atoms with Gasteiger partial charge in [0.05, 0.1) is 23.9 Å². The lowest BCUT2D eigenvalue weighted by molar-refractivity contribution is 0.0400. The van der Waals surface area contributed by atoms with Crippen molar-refractivity contribution in [2.45, 2.75) is 50.1 Å². The summed E-state index contributed by atoms with van der Waals surface area (Å²) in [6.07, 6.45) is 3.19. The van der Waals surface area contributed by atoms with Crippen molar-refractivity contribution in [3.8, 4) is 0 Å². The predicted molar refractivity (Wildman–Crippen MR) is 73.0 cm³/mol. The van der Waals surface area contributed by atoms with E-state index in [-0.39, 0.29) is 17.5 Å². The summed E-state index contributed by atoms with van der Waals surface area (Å²) in [6, 6.07) is 0. The highest BCUT2D eigenvalue weighted by atomic mass is 32.2. The predicted octanol–water partition coefficient (Wildman–Crippen LogP) is 0.502. The highest BCUT2D eigenvalue weighted by Gasteiger charge is 2.49. The second-order valence-corrected chi connectivity index (χ2v) is 8.51. The van der Waals surface area contributed by atoms with Crippen molar-refractivity contribution in [1.29, 1.82) is 0 Å². The Bertz CT molecular complexity index is 626. The first-order valence-corrected chi connectivity index (χ1v) is 8.96. The summed E-state index contributed by atoms with van der Waals surface area (Å²) >= 11 is 0. The number of fused-ring (bicyclic) bond motifs is 1. The van der Waals surface area contributed by atoms with Crippen molar-refractivity contribution in [3.63, 3.8) is 0 Å². The largest absolute Gasteiger partial charge is 0.373 e. The van der Waals surface area contributed by atoms with Crippen LogP contribution in [-0.4, -0.2) is 53.4 Å². The van der Waals surface area contributed by atoms with Crippen LogP contribution in [0.1, 0.15) is 31.0 Å². The Kier molecular flexibility index (Phi) is 3.09. The van der Waals surface area contributed by atoms with Gasteiger partial charge in [-0.1, -0.05) is 5.16 Å². The lowest BCUT2D eigenvalue weighted by Gasteiger charge is -2.18. The van der Waals surface area contributed by atoms with E-state index in [4.69, 9.17) is 9.26 Å². The van der Waals surface area contributed by atoms with Crippen LogP contribution in [0.5, 0.6) is 0 Å². The van der Waals surface area contributed by atoms with Gasteiger partial charge in [-0.15, -0.1) is 0 Å². The van der Waals surface area contributed by atoms with Crippen molar-refractivity contribution >= 4 is 10.0 Å². The summed E-state index contributed by atoms with van der Waals surface area (Å²) in [7, 11) is -3.07. The Morgan fingerprint density at radius 1 is 1.33 bits per heavy atom. The monoisotopic (exact) mass is 313 g/mol. The van der Waals surface area contributed by atoms with E-state index in [1.54, 1.807) is 11.2 Å². The Morgan fingerprint density at radius 2 is 2.14 bits per heavy atom. The molecule has 0 radical (unpaired) electrons. The maximum Gasteiger partial charge on any atom is 0.229 e. The minimum atomic E-state index is -3.07. The number of hydrogen-bond acceptors (Lipinski definition) is 6. The molecule has 1 aromatic rings. The molecule has 3 aliphatic rings. The number of nitrogens with zero attached hydrogens (tertiary/aromatic N) is 3. The van der Waals surface area contributed by atoms with Gasteiger partial charge in [-0.3, -0.25) is 0 Å². The van der Waals surface area contributed by atoms with Gasteiger partial charge in [0.15, 0.2) is 5.82 Å². The fourth-order valence-corrected chi connectivity index (χ4v) is 5.27. The van der Waals surface area contributed by atoms with E-state index in [1.165, 1.54) is 0 Å². The zero-order valence-corrected chi connectivity index (χ0v) is 12.8. The molecule has 2 saturated heterocycles. The van der Waals surface area contributed by atoms with Gasteiger partial charge in [-0.25, -0.2) is 8.42 Å². The second kappa shape index (κ2) is 4.76. The molecular formula is C13H19N3O4S. The molecule has 0 N–H and O–H groups in total. The zero-order valence-electron chi connectivity index (χ0n) is 11.9. The second-order valence-electron chi connectivity index (χ2n) is 6.29. The van der Waals surface area contributed by atoms with Gasteiger partial charge in [-0.2, -0.15) is 9.29 Å². The van der Waals surface area contributed by atoms with Crippen molar-refractivity contribution in [2.24, 2.45) is 5.92 Å². The smallest absolute Gasteiger partial charge is 0.229 e.